The number of nitrogens with one attached hydrogen (secondary N) is 1. The van der Waals surface area contributed by atoms with Crippen molar-refractivity contribution in [1.29, 1.82) is 0 Å². The summed E-state index contributed by atoms with van der Waals surface area (Å²) in [5.74, 6) is 1.03. The van der Waals surface area contributed by atoms with Crippen molar-refractivity contribution in [3.05, 3.63) is 29.3 Å². The highest BCUT2D eigenvalue weighted by Crippen LogP contribution is 2.26. The molecule has 0 aromatic heterocycles. The standard InChI is InChI=1S/C18H29NO/c1-14(2)19-12-18(3,4)13-20-17-10-9-15-7-5-6-8-16(15)11-17/h9-11,14,19H,5-8,12-13H2,1-4H3. The average Bonchev–Trinajstić information content (AvgIpc) is 2.43. The van der Waals surface area contributed by atoms with Gasteiger partial charge in [-0.25, -0.2) is 0 Å². The largest absolute Gasteiger partial charge is 0.493 e. The van der Waals surface area contributed by atoms with E-state index < -0.39 is 0 Å². The van der Waals surface area contributed by atoms with Crippen LogP contribution in [-0.4, -0.2) is 19.2 Å². The molecule has 0 amide bonds. The molecule has 0 saturated carbocycles. The molecule has 1 aromatic carbocycles. The molecular weight excluding hydrogens is 246 g/mol. The van der Waals surface area contributed by atoms with Gasteiger partial charge in [-0.2, -0.15) is 0 Å². The Morgan fingerprint density at radius 2 is 1.85 bits per heavy atom. The molecule has 0 heterocycles. The van der Waals surface area contributed by atoms with Gasteiger partial charge in [-0.15, -0.1) is 0 Å². The monoisotopic (exact) mass is 275 g/mol. The first-order chi connectivity index (χ1) is 9.46. The smallest absolute Gasteiger partial charge is 0.119 e. The summed E-state index contributed by atoms with van der Waals surface area (Å²) in [5.41, 5.74) is 3.16. The summed E-state index contributed by atoms with van der Waals surface area (Å²) < 4.78 is 6.03. The Balaban J connectivity index is 1.90. The molecule has 20 heavy (non-hydrogen) atoms. The third-order valence-electron chi connectivity index (χ3n) is 3.94. The number of rotatable bonds is 6. The van der Waals surface area contributed by atoms with Crippen molar-refractivity contribution in [1.82, 2.24) is 5.32 Å². The van der Waals surface area contributed by atoms with Gasteiger partial charge in [0.25, 0.3) is 0 Å². The van der Waals surface area contributed by atoms with Crippen molar-refractivity contribution in [2.45, 2.75) is 59.4 Å². The maximum Gasteiger partial charge on any atom is 0.119 e. The van der Waals surface area contributed by atoms with Crippen LogP contribution < -0.4 is 10.1 Å². The third-order valence-corrected chi connectivity index (χ3v) is 3.94. The van der Waals surface area contributed by atoms with Gasteiger partial charge in [0.05, 0.1) is 6.61 Å². The molecule has 112 valence electrons. The zero-order valence-electron chi connectivity index (χ0n) is 13.5. The summed E-state index contributed by atoms with van der Waals surface area (Å²) in [6.07, 6.45) is 5.10. The van der Waals surface area contributed by atoms with E-state index in [-0.39, 0.29) is 5.41 Å². The van der Waals surface area contributed by atoms with Gasteiger partial charge in [-0.05, 0) is 48.9 Å². The molecule has 2 heteroatoms. The lowest BCUT2D eigenvalue weighted by Gasteiger charge is -2.27. The minimum absolute atomic E-state index is 0.153. The molecule has 1 aromatic rings. The summed E-state index contributed by atoms with van der Waals surface area (Å²) >= 11 is 0. The van der Waals surface area contributed by atoms with Crippen LogP contribution in [0.5, 0.6) is 5.75 Å². The molecule has 0 aliphatic heterocycles. The van der Waals surface area contributed by atoms with Gasteiger partial charge in [0.1, 0.15) is 5.75 Å². The van der Waals surface area contributed by atoms with E-state index in [1.807, 2.05) is 0 Å². The van der Waals surface area contributed by atoms with Crippen molar-refractivity contribution < 1.29 is 4.74 Å². The number of ether oxygens (including phenoxy) is 1. The second-order valence-electron chi connectivity index (χ2n) is 7.13. The van der Waals surface area contributed by atoms with Crippen LogP contribution >= 0.6 is 0 Å². The molecule has 0 fully saturated rings. The van der Waals surface area contributed by atoms with E-state index in [1.54, 1.807) is 0 Å². The van der Waals surface area contributed by atoms with Crippen molar-refractivity contribution in [2.75, 3.05) is 13.2 Å². The molecule has 2 rings (SSSR count). The summed E-state index contributed by atoms with van der Waals surface area (Å²) in [6.45, 7) is 10.6. The van der Waals surface area contributed by atoms with Crippen molar-refractivity contribution >= 4 is 0 Å². The molecule has 0 atom stereocenters. The first-order valence-electron chi connectivity index (χ1n) is 7.94. The van der Waals surface area contributed by atoms with Crippen molar-refractivity contribution in [3.63, 3.8) is 0 Å². The molecule has 1 aliphatic rings. The van der Waals surface area contributed by atoms with E-state index in [4.69, 9.17) is 4.74 Å². The minimum atomic E-state index is 0.153. The van der Waals surface area contributed by atoms with Crippen molar-refractivity contribution in [3.8, 4) is 5.75 Å². The van der Waals surface area contributed by atoms with E-state index in [9.17, 15) is 0 Å². The summed E-state index contributed by atoms with van der Waals surface area (Å²) in [4.78, 5) is 0. The number of aryl methyl sites for hydroxylation is 2. The summed E-state index contributed by atoms with van der Waals surface area (Å²) in [7, 11) is 0. The first kappa shape index (κ1) is 15.4. The van der Waals surface area contributed by atoms with Crippen LogP contribution in [0, 0.1) is 5.41 Å². The first-order valence-corrected chi connectivity index (χ1v) is 7.94. The quantitative estimate of drug-likeness (QED) is 0.848. The van der Waals surface area contributed by atoms with E-state index in [0.717, 1.165) is 18.9 Å². The van der Waals surface area contributed by atoms with Crippen LogP contribution in [0.4, 0.5) is 0 Å². The maximum atomic E-state index is 6.03. The SMILES string of the molecule is CC(C)NCC(C)(C)COc1ccc2c(c1)CCCC2. The topological polar surface area (TPSA) is 21.3 Å². The highest BCUT2D eigenvalue weighted by atomic mass is 16.5. The Kier molecular flexibility index (Phi) is 5.09. The number of hydrogen-bond donors (Lipinski definition) is 1. The Morgan fingerprint density at radius 1 is 1.15 bits per heavy atom. The normalized spacial score (nSPS) is 15.2. The molecule has 1 N–H and O–H groups in total. The van der Waals surface area contributed by atoms with E-state index in [2.05, 4.69) is 51.2 Å². The number of benzene rings is 1. The Bertz CT molecular complexity index is 437. The van der Waals surface area contributed by atoms with E-state index >= 15 is 0 Å². The predicted molar refractivity (Wildman–Crippen MR) is 85.5 cm³/mol. The highest BCUT2D eigenvalue weighted by molar-refractivity contribution is 5.37. The zero-order chi connectivity index (χ0) is 14.6. The van der Waals surface area contributed by atoms with Crippen molar-refractivity contribution in [2.24, 2.45) is 5.41 Å². The second-order valence-corrected chi connectivity index (χ2v) is 7.13. The highest BCUT2D eigenvalue weighted by Gasteiger charge is 2.19. The zero-order valence-corrected chi connectivity index (χ0v) is 13.5. The fraction of sp³-hybridized carbons (Fsp3) is 0.667. The lowest BCUT2D eigenvalue weighted by Crippen LogP contribution is -2.37. The van der Waals surface area contributed by atoms with Crippen LogP contribution in [0.3, 0.4) is 0 Å². The molecule has 2 nitrogen and oxygen atoms in total. The Morgan fingerprint density at radius 3 is 2.55 bits per heavy atom. The van der Waals surface area contributed by atoms with Crippen LogP contribution in [0.25, 0.3) is 0 Å². The lowest BCUT2D eigenvalue weighted by atomic mass is 9.91. The van der Waals surface area contributed by atoms with Crippen LogP contribution in [0.15, 0.2) is 18.2 Å². The molecule has 0 saturated heterocycles. The average molecular weight is 275 g/mol. The lowest BCUT2D eigenvalue weighted by molar-refractivity contribution is 0.173. The molecule has 0 bridgehead atoms. The van der Waals surface area contributed by atoms with E-state index in [1.165, 1.54) is 36.8 Å². The van der Waals surface area contributed by atoms with Gasteiger partial charge in [-0.1, -0.05) is 33.8 Å². The molecular formula is C18H29NO. The predicted octanol–water partition coefficient (Wildman–Crippen LogP) is 3.97. The van der Waals surface area contributed by atoms with Gasteiger partial charge in [0.15, 0.2) is 0 Å². The minimum Gasteiger partial charge on any atom is -0.493 e. The van der Waals surface area contributed by atoms with Crippen LogP contribution in [-0.2, 0) is 12.8 Å². The Labute approximate surface area is 123 Å². The maximum absolute atomic E-state index is 6.03. The van der Waals surface area contributed by atoms with Gasteiger partial charge in [-0.3, -0.25) is 0 Å². The summed E-state index contributed by atoms with van der Waals surface area (Å²) in [5, 5.41) is 3.49. The van der Waals surface area contributed by atoms with Gasteiger partial charge in [0.2, 0.25) is 0 Å². The Hall–Kier alpha value is -1.02. The molecule has 0 radical (unpaired) electrons. The fourth-order valence-electron chi connectivity index (χ4n) is 2.61. The van der Waals surface area contributed by atoms with Crippen LogP contribution in [0.1, 0.15) is 51.7 Å². The summed E-state index contributed by atoms with van der Waals surface area (Å²) in [6, 6.07) is 7.16. The van der Waals surface area contributed by atoms with E-state index in [0.29, 0.717) is 6.04 Å². The van der Waals surface area contributed by atoms with Gasteiger partial charge >= 0.3 is 0 Å². The fourth-order valence-corrected chi connectivity index (χ4v) is 2.61. The number of hydrogen-bond acceptors (Lipinski definition) is 2. The molecule has 0 unspecified atom stereocenters. The third kappa shape index (κ3) is 4.52. The second kappa shape index (κ2) is 6.62. The van der Waals surface area contributed by atoms with Crippen LogP contribution in [0.2, 0.25) is 0 Å². The number of fused-ring (bicyclic) bond motifs is 1. The molecule has 0 spiro atoms. The molecule has 1 aliphatic carbocycles. The van der Waals surface area contributed by atoms with Gasteiger partial charge < -0.3 is 10.1 Å². The van der Waals surface area contributed by atoms with Gasteiger partial charge in [0, 0.05) is 18.0 Å².